The van der Waals surface area contributed by atoms with Gasteiger partial charge in [0.1, 0.15) is 11.6 Å². The Bertz CT molecular complexity index is 393. The van der Waals surface area contributed by atoms with Crippen LogP contribution in [0.4, 0.5) is 0 Å². The molecule has 1 aromatic rings. The number of ether oxygens (including phenoxy) is 1. The number of hydrogen-bond donors (Lipinski definition) is 2. The van der Waals surface area contributed by atoms with Gasteiger partial charge in [0.2, 0.25) is 11.8 Å². The smallest absolute Gasteiger partial charge is 0.234 e. The van der Waals surface area contributed by atoms with Gasteiger partial charge in [0.05, 0.1) is 18.1 Å². The van der Waals surface area contributed by atoms with Crippen molar-refractivity contribution < 1.29 is 9.53 Å². The Kier molecular flexibility index (Phi) is 12.5. The number of pyridine rings is 1. The molecule has 1 rings (SSSR count). The van der Waals surface area contributed by atoms with Crippen LogP contribution in [0, 0.1) is 0 Å². The number of halogens is 4. The molecule has 0 spiro atoms. The fourth-order valence-electron chi connectivity index (χ4n) is 1.07. The maximum atomic E-state index is 11.1. The first kappa shape index (κ1) is 20.8. The van der Waals surface area contributed by atoms with Gasteiger partial charge in [-0.2, -0.15) is 0 Å². The maximum absolute atomic E-state index is 11.1. The minimum absolute atomic E-state index is 0. The molecule has 1 aromatic heterocycles. The summed E-state index contributed by atoms with van der Waals surface area (Å²) in [6.07, 6.45) is 1.45. The number of nitrogens with zero attached hydrogens (tertiary/aromatic N) is 1. The van der Waals surface area contributed by atoms with Crippen molar-refractivity contribution in [2.45, 2.75) is 0 Å². The number of nitrogens with one attached hydrogen (secondary N) is 2. The molecule has 9 heteroatoms. The molecule has 0 aliphatic rings. The molecule has 0 saturated carbocycles. The quantitative estimate of drug-likeness (QED) is 0.770. The molecule has 0 aromatic carbocycles. The molecule has 19 heavy (non-hydrogen) atoms. The maximum Gasteiger partial charge on any atom is 0.234 e. The summed E-state index contributed by atoms with van der Waals surface area (Å²) >= 11 is 11.5. The van der Waals surface area contributed by atoms with Crippen molar-refractivity contribution in [3.63, 3.8) is 0 Å². The molecule has 5 nitrogen and oxygen atoms in total. The number of aromatic nitrogens is 1. The zero-order valence-electron chi connectivity index (χ0n) is 10.1. The lowest BCUT2D eigenvalue weighted by atomic mass is 10.5. The molecular weight excluding hydrogens is 336 g/mol. The Balaban J connectivity index is 0. The van der Waals surface area contributed by atoms with E-state index in [4.69, 9.17) is 27.9 Å². The Morgan fingerprint density at radius 1 is 1.42 bits per heavy atom. The van der Waals surface area contributed by atoms with E-state index in [2.05, 4.69) is 15.6 Å². The van der Waals surface area contributed by atoms with Crippen LogP contribution >= 0.6 is 48.0 Å². The summed E-state index contributed by atoms with van der Waals surface area (Å²) in [5.41, 5.74) is 0. The van der Waals surface area contributed by atoms with Gasteiger partial charge in [0, 0.05) is 6.20 Å². The van der Waals surface area contributed by atoms with Crippen LogP contribution in [0.3, 0.4) is 0 Å². The Morgan fingerprint density at radius 3 is 2.68 bits per heavy atom. The second kappa shape index (κ2) is 11.4. The van der Waals surface area contributed by atoms with E-state index in [0.717, 1.165) is 0 Å². The minimum Gasteiger partial charge on any atom is -0.475 e. The highest BCUT2D eigenvalue weighted by Gasteiger charge is 2.04. The van der Waals surface area contributed by atoms with Crippen molar-refractivity contribution in [3.05, 3.63) is 22.3 Å². The molecule has 0 saturated heterocycles. The molecule has 110 valence electrons. The zero-order chi connectivity index (χ0) is 12.7. The Hall–Kier alpha value is -0.460. The van der Waals surface area contributed by atoms with E-state index >= 15 is 0 Å². The van der Waals surface area contributed by atoms with E-state index < -0.39 is 0 Å². The molecule has 1 heterocycles. The van der Waals surface area contributed by atoms with E-state index in [0.29, 0.717) is 29.1 Å². The average Bonchev–Trinajstić information content (AvgIpc) is 2.27. The lowest BCUT2D eigenvalue weighted by Crippen LogP contribution is -2.34. The van der Waals surface area contributed by atoms with Crippen molar-refractivity contribution in [2.75, 3.05) is 26.7 Å². The van der Waals surface area contributed by atoms with Crippen LogP contribution < -0.4 is 15.4 Å². The van der Waals surface area contributed by atoms with Crippen LogP contribution in [0.25, 0.3) is 0 Å². The first-order valence-electron chi connectivity index (χ1n) is 4.98. The predicted molar refractivity (Wildman–Crippen MR) is 81.2 cm³/mol. The van der Waals surface area contributed by atoms with Gasteiger partial charge in [0.15, 0.2) is 0 Å². The molecule has 0 aliphatic carbocycles. The minimum atomic E-state index is -0.0914. The predicted octanol–water partition coefficient (Wildman–Crippen LogP) is 1.95. The average molecular weight is 351 g/mol. The fourth-order valence-corrected chi connectivity index (χ4v) is 1.50. The summed E-state index contributed by atoms with van der Waals surface area (Å²) in [6.45, 7) is 0.963. The van der Waals surface area contributed by atoms with E-state index in [-0.39, 0.29) is 37.3 Å². The van der Waals surface area contributed by atoms with Gasteiger partial charge in [-0.3, -0.25) is 4.79 Å². The third-order valence-electron chi connectivity index (χ3n) is 1.77. The second-order valence-corrected chi connectivity index (χ2v) is 4.01. The summed E-state index contributed by atoms with van der Waals surface area (Å²) < 4.78 is 5.28. The van der Waals surface area contributed by atoms with E-state index in [1.165, 1.54) is 6.20 Å². The van der Waals surface area contributed by atoms with Crippen LogP contribution in [0.2, 0.25) is 10.0 Å². The van der Waals surface area contributed by atoms with Crippen LogP contribution in [-0.2, 0) is 4.79 Å². The van der Waals surface area contributed by atoms with Crippen LogP contribution in [0.5, 0.6) is 5.88 Å². The van der Waals surface area contributed by atoms with E-state index in [1.54, 1.807) is 13.1 Å². The summed E-state index contributed by atoms with van der Waals surface area (Å²) in [5, 5.41) is 6.20. The van der Waals surface area contributed by atoms with Crippen LogP contribution in [0.1, 0.15) is 0 Å². The molecule has 2 N–H and O–H groups in total. The third kappa shape index (κ3) is 8.34. The van der Waals surface area contributed by atoms with Gasteiger partial charge in [-0.25, -0.2) is 4.98 Å². The second-order valence-electron chi connectivity index (χ2n) is 3.17. The number of likely N-dealkylation sites (N-methyl/N-ethyl adjacent to an activating group) is 1. The zero-order valence-corrected chi connectivity index (χ0v) is 13.3. The van der Waals surface area contributed by atoms with Gasteiger partial charge >= 0.3 is 0 Å². The number of hydrogen-bond acceptors (Lipinski definition) is 4. The van der Waals surface area contributed by atoms with Crippen LogP contribution in [0.15, 0.2) is 12.3 Å². The molecule has 1 amide bonds. The van der Waals surface area contributed by atoms with Gasteiger partial charge in [-0.1, -0.05) is 23.2 Å². The summed E-state index contributed by atoms with van der Waals surface area (Å²) in [7, 11) is 1.70. The summed E-state index contributed by atoms with van der Waals surface area (Å²) in [6, 6.07) is 1.55. The number of amides is 1. The number of carbonyl (C=O) groups excluding carboxylic acids is 1. The SMILES string of the molecule is CNCC(=O)NCCOc1ncc(Cl)cc1Cl.Cl.Cl. The Morgan fingerprint density at radius 2 is 2.11 bits per heavy atom. The highest BCUT2D eigenvalue weighted by Crippen LogP contribution is 2.24. The first-order valence-corrected chi connectivity index (χ1v) is 5.74. The van der Waals surface area contributed by atoms with Crippen molar-refractivity contribution in [1.82, 2.24) is 15.6 Å². The topological polar surface area (TPSA) is 63.2 Å². The van der Waals surface area contributed by atoms with Crippen molar-refractivity contribution in [2.24, 2.45) is 0 Å². The lowest BCUT2D eigenvalue weighted by molar-refractivity contribution is -0.120. The largest absolute Gasteiger partial charge is 0.475 e. The summed E-state index contributed by atoms with van der Waals surface area (Å²) in [5.74, 6) is 0.213. The molecule has 0 fully saturated rings. The lowest BCUT2D eigenvalue weighted by Gasteiger charge is -2.08. The van der Waals surface area contributed by atoms with Crippen molar-refractivity contribution in [1.29, 1.82) is 0 Å². The molecule has 0 unspecified atom stereocenters. The normalized spacial score (nSPS) is 9.00. The monoisotopic (exact) mass is 349 g/mol. The van der Waals surface area contributed by atoms with Gasteiger partial charge < -0.3 is 15.4 Å². The van der Waals surface area contributed by atoms with Gasteiger partial charge in [-0.05, 0) is 13.1 Å². The fraction of sp³-hybridized carbons (Fsp3) is 0.400. The first-order chi connectivity index (χ1) is 8.13. The molecule has 0 aliphatic heterocycles. The third-order valence-corrected chi connectivity index (χ3v) is 2.25. The molecule has 0 radical (unpaired) electrons. The number of carbonyl (C=O) groups is 1. The Labute approximate surface area is 134 Å². The van der Waals surface area contributed by atoms with Crippen molar-refractivity contribution in [3.8, 4) is 5.88 Å². The van der Waals surface area contributed by atoms with Gasteiger partial charge in [0.25, 0.3) is 0 Å². The van der Waals surface area contributed by atoms with Crippen LogP contribution in [-0.4, -0.2) is 37.6 Å². The highest BCUT2D eigenvalue weighted by molar-refractivity contribution is 6.35. The molecular formula is C10H15Cl4N3O2. The standard InChI is InChI=1S/C10H13Cl2N3O2.2ClH/c1-13-6-9(16)14-2-3-17-10-8(12)4-7(11)5-15-10;;/h4-5,13H,2-3,6H2,1H3,(H,14,16);2*1H. The molecule has 0 bridgehead atoms. The van der Waals surface area contributed by atoms with Crippen molar-refractivity contribution >= 4 is 53.9 Å². The molecule has 0 atom stereocenters. The highest BCUT2D eigenvalue weighted by atomic mass is 35.5. The van der Waals surface area contributed by atoms with Gasteiger partial charge in [-0.15, -0.1) is 24.8 Å². The van der Waals surface area contributed by atoms with E-state index in [1.807, 2.05) is 0 Å². The van der Waals surface area contributed by atoms with E-state index in [9.17, 15) is 4.79 Å². The number of rotatable bonds is 6. The summed E-state index contributed by atoms with van der Waals surface area (Å²) in [4.78, 5) is 15.0.